The Morgan fingerprint density at radius 1 is 1.07 bits per heavy atom. The second-order valence-electron chi connectivity index (χ2n) is 8.39. The predicted octanol–water partition coefficient (Wildman–Crippen LogP) is 5.64. The molecule has 2 aromatic carbocycles. The van der Waals surface area contributed by atoms with Crippen molar-refractivity contribution in [2.24, 2.45) is 0 Å². The fourth-order valence-electron chi connectivity index (χ4n) is 3.07. The van der Waals surface area contributed by atoms with Crippen molar-refractivity contribution in [3.8, 4) is 5.75 Å². The molecule has 3 nitrogen and oxygen atoms in total. The summed E-state index contributed by atoms with van der Waals surface area (Å²) < 4.78 is 6.00. The molecule has 0 saturated carbocycles. The Morgan fingerprint density at radius 3 is 2.22 bits per heavy atom. The molecule has 0 aliphatic heterocycles. The molecule has 2 atom stereocenters. The maximum atomic E-state index is 12.7. The van der Waals surface area contributed by atoms with E-state index in [1.165, 1.54) is 11.1 Å². The van der Waals surface area contributed by atoms with Crippen molar-refractivity contribution in [2.45, 2.75) is 72.4 Å². The molecule has 0 aromatic heterocycles. The zero-order valence-electron chi connectivity index (χ0n) is 17.7. The lowest BCUT2D eigenvalue weighted by atomic mass is 9.86. The van der Waals surface area contributed by atoms with Crippen LogP contribution >= 0.6 is 0 Å². The van der Waals surface area contributed by atoms with E-state index in [-0.39, 0.29) is 17.4 Å². The van der Waals surface area contributed by atoms with Crippen molar-refractivity contribution in [2.75, 3.05) is 0 Å². The van der Waals surface area contributed by atoms with Gasteiger partial charge >= 0.3 is 0 Å². The molecule has 0 aliphatic rings. The number of benzene rings is 2. The Kier molecular flexibility index (Phi) is 6.69. The highest BCUT2D eigenvalue weighted by Gasteiger charge is 2.22. The first-order valence-corrected chi connectivity index (χ1v) is 9.76. The van der Waals surface area contributed by atoms with E-state index in [0.29, 0.717) is 6.42 Å². The van der Waals surface area contributed by atoms with Crippen LogP contribution in [0.1, 0.15) is 69.3 Å². The first kappa shape index (κ1) is 21.0. The van der Waals surface area contributed by atoms with Gasteiger partial charge in [-0.25, -0.2) is 0 Å². The van der Waals surface area contributed by atoms with Crippen molar-refractivity contribution < 1.29 is 9.53 Å². The number of aryl methyl sites for hydroxylation is 2. The first-order chi connectivity index (χ1) is 12.6. The Hall–Kier alpha value is -2.29. The van der Waals surface area contributed by atoms with Gasteiger partial charge in [0.2, 0.25) is 0 Å². The van der Waals surface area contributed by atoms with Crippen LogP contribution in [0.2, 0.25) is 0 Å². The van der Waals surface area contributed by atoms with Gasteiger partial charge in [0.25, 0.3) is 5.91 Å². The minimum absolute atomic E-state index is 0.0664. The molecular formula is C24H33NO2. The normalized spacial score (nSPS) is 13.7. The summed E-state index contributed by atoms with van der Waals surface area (Å²) in [5, 5.41) is 3.09. The van der Waals surface area contributed by atoms with E-state index in [9.17, 15) is 4.79 Å². The SMILES string of the molecule is CCC(Oc1ccc(C)cc1C)C(=O)NC(C)c1ccc(C(C)(C)C)cc1. The standard InChI is InChI=1S/C24H33NO2/c1-8-21(27-22-14-9-16(2)15-17(22)3)23(26)25-18(4)19-10-12-20(13-11-19)24(5,6)7/h9-15,18,21H,8H2,1-7H3,(H,25,26). The van der Waals surface area contributed by atoms with Crippen LogP contribution < -0.4 is 10.1 Å². The molecule has 0 radical (unpaired) electrons. The molecule has 2 rings (SSSR count). The third kappa shape index (κ3) is 5.59. The number of ether oxygens (including phenoxy) is 1. The highest BCUT2D eigenvalue weighted by molar-refractivity contribution is 5.81. The molecule has 0 fully saturated rings. The Labute approximate surface area is 164 Å². The second kappa shape index (κ2) is 8.60. The van der Waals surface area contributed by atoms with Gasteiger partial charge < -0.3 is 10.1 Å². The van der Waals surface area contributed by atoms with Crippen LogP contribution in [0.5, 0.6) is 5.75 Å². The zero-order chi connectivity index (χ0) is 20.2. The molecular weight excluding hydrogens is 334 g/mol. The summed E-state index contributed by atoms with van der Waals surface area (Å²) in [5.41, 5.74) is 4.74. The number of rotatable bonds is 6. The largest absolute Gasteiger partial charge is 0.480 e. The van der Waals surface area contributed by atoms with Crippen LogP contribution in [-0.2, 0) is 10.2 Å². The van der Waals surface area contributed by atoms with E-state index in [1.54, 1.807) is 0 Å². The number of nitrogens with one attached hydrogen (secondary N) is 1. The molecule has 146 valence electrons. The van der Waals surface area contributed by atoms with Crippen molar-refractivity contribution >= 4 is 5.91 Å². The van der Waals surface area contributed by atoms with Crippen molar-refractivity contribution in [1.82, 2.24) is 5.32 Å². The summed E-state index contributed by atoms with van der Waals surface area (Å²) in [6.07, 6.45) is 0.122. The van der Waals surface area contributed by atoms with Gasteiger partial charge in [0, 0.05) is 0 Å². The highest BCUT2D eigenvalue weighted by atomic mass is 16.5. The number of carbonyl (C=O) groups excluding carboxylic acids is 1. The topological polar surface area (TPSA) is 38.3 Å². The van der Waals surface area contributed by atoms with Gasteiger partial charge in [-0.2, -0.15) is 0 Å². The van der Waals surface area contributed by atoms with Crippen LogP contribution in [0.3, 0.4) is 0 Å². The fourth-order valence-corrected chi connectivity index (χ4v) is 3.07. The van der Waals surface area contributed by atoms with Gasteiger partial charge in [-0.05, 0) is 55.4 Å². The number of amides is 1. The molecule has 0 saturated heterocycles. The molecule has 2 aromatic rings. The maximum absolute atomic E-state index is 12.7. The summed E-state index contributed by atoms with van der Waals surface area (Å²) in [6, 6.07) is 14.4. The van der Waals surface area contributed by atoms with Crippen LogP contribution in [0, 0.1) is 13.8 Å². The first-order valence-electron chi connectivity index (χ1n) is 9.76. The molecule has 2 unspecified atom stereocenters. The molecule has 27 heavy (non-hydrogen) atoms. The molecule has 3 heteroatoms. The molecule has 0 aliphatic carbocycles. The van der Waals surface area contributed by atoms with Gasteiger partial charge in [0.1, 0.15) is 5.75 Å². The molecule has 1 N–H and O–H groups in total. The Balaban J connectivity index is 2.05. The molecule has 1 amide bonds. The van der Waals surface area contributed by atoms with Gasteiger partial charge in [-0.15, -0.1) is 0 Å². The lowest BCUT2D eigenvalue weighted by Gasteiger charge is -2.23. The lowest BCUT2D eigenvalue weighted by molar-refractivity contribution is -0.128. The molecule has 0 spiro atoms. The second-order valence-corrected chi connectivity index (χ2v) is 8.39. The van der Waals surface area contributed by atoms with E-state index >= 15 is 0 Å². The Bertz CT molecular complexity index is 772. The monoisotopic (exact) mass is 367 g/mol. The highest BCUT2D eigenvalue weighted by Crippen LogP contribution is 2.24. The van der Waals surface area contributed by atoms with E-state index in [2.05, 4.69) is 56.4 Å². The summed E-state index contributed by atoms with van der Waals surface area (Å²) in [5.74, 6) is 0.689. The quantitative estimate of drug-likeness (QED) is 0.718. The summed E-state index contributed by atoms with van der Waals surface area (Å²) in [6.45, 7) is 14.6. The lowest BCUT2D eigenvalue weighted by Crippen LogP contribution is -2.39. The summed E-state index contributed by atoms with van der Waals surface area (Å²) >= 11 is 0. The number of hydrogen-bond donors (Lipinski definition) is 1. The van der Waals surface area contributed by atoms with Gasteiger partial charge in [0.15, 0.2) is 6.10 Å². The zero-order valence-corrected chi connectivity index (χ0v) is 17.7. The van der Waals surface area contributed by atoms with Crippen molar-refractivity contribution in [3.63, 3.8) is 0 Å². The average molecular weight is 368 g/mol. The number of hydrogen-bond acceptors (Lipinski definition) is 2. The number of carbonyl (C=O) groups is 1. The van der Waals surface area contributed by atoms with Crippen molar-refractivity contribution in [1.29, 1.82) is 0 Å². The van der Waals surface area contributed by atoms with Crippen LogP contribution in [0.15, 0.2) is 42.5 Å². The average Bonchev–Trinajstić information content (AvgIpc) is 2.60. The van der Waals surface area contributed by atoms with Crippen molar-refractivity contribution in [3.05, 3.63) is 64.7 Å². The van der Waals surface area contributed by atoms with Crippen LogP contribution in [0.25, 0.3) is 0 Å². The maximum Gasteiger partial charge on any atom is 0.261 e. The fraction of sp³-hybridized carbons (Fsp3) is 0.458. The molecule has 0 bridgehead atoms. The van der Waals surface area contributed by atoms with E-state index < -0.39 is 6.10 Å². The van der Waals surface area contributed by atoms with E-state index in [0.717, 1.165) is 16.9 Å². The third-order valence-electron chi connectivity index (χ3n) is 4.90. The predicted molar refractivity (Wildman–Crippen MR) is 112 cm³/mol. The van der Waals surface area contributed by atoms with Crippen LogP contribution in [-0.4, -0.2) is 12.0 Å². The van der Waals surface area contributed by atoms with Gasteiger partial charge in [-0.3, -0.25) is 4.79 Å². The third-order valence-corrected chi connectivity index (χ3v) is 4.90. The summed E-state index contributed by atoms with van der Waals surface area (Å²) in [7, 11) is 0. The van der Waals surface area contributed by atoms with Crippen LogP contribution in [0.4, 0.5) is 0 Å². The van der Waals surface area contributed by atoms with Gasteiger partial charge in [0.05, 0.1) is 6.04 Å². The smallest absolute Gasteiger partial charge is 0.261 e. The molecule has 0 heterocycles. The van der Waals surface area contributed by atoms with E-state index in [4.69, 9.17) is 4.74 Å². The minimum atomic E-state index is -0.497. The minimum Gasteiger partial charge on any atom is -0.480 e. The summed E-state index contributed by atoms with van der Waals surface area (Å²) in [4.78, 5) is 12.7. The Morgan fingerprint density at radius 2 is 1.70 bits per heavy atom. The van der Waals surface area contributed by atoms with E-state index in [1.807, 2.05) is 39.8 Å². The van der Waals surface area contributed by atoms with Gasteiger partial charge in [-0.1, -0.05) is 69.7 Å².